The number of Topliss-reactive ketones (excluding diaryl/α,β-unsaturated/α-hetero) is 1. The van der Waals surface area contributed by atoms with Gasteiger partial charge in [-0.15, -0.1) is 0 Å². The van der Waals surface area contributed by atoms with Gasteiger partial charge in [0.1, 0.15) is 0 Å². The molecule has 27 heavy (non-hydrogen) atoms. The van der Waals surface area contributed by atoms with E-state index in [4.69, 9.17) is 0 Å². The number of sulfonamides is 1. The maximum absolute atomic E-state index is 12.8. The van der Waals surface area contributed by atoms with Crippen molar-refractivity contribution in [1.29, 1.82) is 0 Å². The summed E-state index contributed by atoms with van der Waals surface area (Å²) in [6.45, 7) is 8.26. The molecule has 0 fully saturated rings. The molecule has 0 aromatic heterocycles. The molecule has 2 aromatic carbocycles. The lowest BCUT2D eigenvalue weighted by molar-refractivity contribution is -0.117. The van der Waals surface area contributed by atoms with Crippen LogP contribution in [0.2, 0.25) is 0 Å². The SMILES string of the molecule is CC(=O)c1cccc(NC(=O)C(C)NS(=O)(=O)c2c(C)cc(C)cc2C)c1. The molecule has 0 aliphatic heterocycles. The van der Waals surface area contributed by atoms with Gasteiger partial charge >= 0.3 is 0 Å². The second kappa shape index (κ2) is 8.02. The molecule has 0 aliphatic carbocycles. The number of ketones is 1. The fraction of sp³-hybridized carbons (Fsp3) is 0.300. The van der Waals surface area contributed by atoms with Gasteiger partial charge in [-0.1, -0.05) is 29.8 Å². The Kier molecular flexibility index (Phi) is 6.18. The third-order valence-corrected chi connectivity index (χ3v) is 5.98. The molecule has 0 aliphatic rings. The van der Waals surface area contributed by atoms with Crippen molar-refractivity contribution in [3.05, 3.63) is 58.7 Å². The summed E-state index contributed by atoms with van der Waals surface area (Å²) in [4.78, 5) is 24.0. The molecular formula is C20H24N2O4S. The van der Waals surface area contributed by atoms with Crippen LogP contribution in [-0.2, 0) is 14.8 Å². The van der Waals surface area contributed by atoms with Crippen LogP contribution in [-0.4, -0.2) is 26.2 Å². The third-order valence-electron chi connectivity index (χ3n) is 4.14. The number of benzene rings is 2. The van der Waals surface area contributed by atoms with Crippen molar-refractivity contribution >= 4 is 27.4 Å². The first-order valence-electron chi connectivity index (χ1n) is 8.53. The molecule has 144 valence electrons. The van der Waals surface area contributed by atoms with E-state index in [-0.39, 0.29) is 10.7 Å². The van der Waals surface area contributed by atoms with E-state index in [0.717, 1.165) is 5.56 Å². The van der Waals surface area contributed by atoms with Gasteiger partial charge in [-0.05, 0) is 57.9 Å². The zero-order chi connectivity index (χ0) is 20.4. The zero-order valence-corrected chi connectivity index (χ0v) is 16.9. The highest BCUT2D eigenvalue weighted by atomic mass is 32.2. The first-order valence-corrected chi connectivity index (χ1v) is 10.0. The maximum Gasteiger partial charge on any atom is 0.242 e. The maximum atomic E-state index is 12.8. The van der Waals surface area contributed by atoms with Crippen LogP contribution in [0.3, 0.4) is 0 Å². The minimum atomic E-state index is -3.86. The monoisotopic (exact) mass is 388 g/mol. The van der Waals surface area contributed by atoms with E-state index in [1.54, 1.807) is 50.2 Å². The van der Waals surface area contributed by atoms with Crippen LogP contribution in [0, 0.1) is 20.8 Å². The highest BCUT2D eigenvalue weighted by Gasteiger charge is 2.25. The fourth-order valence-electron chi connectivity index (χ4n) is 3.00. The largest absolute Gasteiger partial charge is 0.325 e. The molecule has 0 spiro atoms. The number of carbonyl (C=O) groups excluding carboxylic acids is 2. The van der Waals surface area contributed by atoms with Gasteiger partial charge in [0.15, 0.2) is 5.78 Å². The number of rotatable bonds is 6. The Labute approximate surface area is 160 Å². The average molecular weight is 388 g/mol. The molecule has 0 bridgehead atoms. The molecule has 0 heterocycles. The van der Waals surface area contributed by atoms with Crippen LogP contribution in [0.1, 0.15) is 40.9 Å². The van der Waals surface area contributed by atoms with Gasteiger partial charge in [0.25, 0.3) is 0 Å². The van der Waals surface area contributed by atoms with Crippen LogP contribution in [0.5, 0.6) is 0 Å². The predicted octanol–water partition coefficient (Wildman–Crippen LogP) is 3.12. The molecule has 2 N–H and O–H groups in total. The Balaban J connectivity index is 2.18. The Morgan fingerprint density at radius 3 is 2.15 bits per heavy atom. The predicted molar refractivity (Wildman–Crippen MR) is 106 cm³/mol. The quantitative estimate of drug-likeness (QED) is 0.744. The molecule has 1 unspecified atom stereocenters. The molecule has 0 saturated carbocycles. The van der Waals surface area contributed by atoms with Gasteiger partial charge in [-0.3, -0.25) is 9.59 Å². The highest BCUT2D eigenvalue weighted by molar-refractivity contribution is 7.89. The Morgan fingerprint density at radius 1 is 1.00 bits per heavy atom. The summed E-state index contributed by atoms with van der Waals surface area (Å²) in [5, 5.41) is 2.63. The summed E-state index contributed by atoms with van der Waals surface area (Å²) in [5.74, 6) is -0.633. The van der Waals surface area contributed by atoms with Crippen molar-refractivity contribution in [3.8, 4) is 0 Å². The molecule has 2 aromatic rings. The fourth-order valence-corrected chi connectivity index (χ4v) is 4.66. The van der Waals surface area contributed by atoms with Gasteiger partial charge in [0.05, 0.1) is 10.9 Å². The molecule has 1 amide bonds. The molecule has 0 radical (unpaired) electrons. The molecule has 1 atom stereocenters. The van der Waals surface area contributed by atoms with Crippen LogP contribution in [0.4, 0.5) is 5.69 Å². The van der Waals surface area contributed by atoms with Crippen LogP contribution in [0.15, 0.2) is 41.3 Å². The van der Waals surface area contributed by atoms with Crippen LogP contribution >= 0.6 is 0 Å². The number of hydrogen-bond donors (Lipinski definition) is 2. The summed E-state index contributed by atoms with van der Waals surface area (Å²) in [6, 6.07) is 9.08. The summed E-state index contributed by atoms with van der Waals surface area (Å²) in [5.41, 5.74) is 3.12. The van der Waals surface area contributed by atoms with Crippen LogP contribution < -0.4 is 10.0 Å². The number of nitrogens with one attached hydrogen (secondary N) is 2. The minimum Gasteiger partial charge on any atom is -0.325 e. The standard InChI is InChI=1S/C20H24N2O4S/c1-12-9-13(2)19(14(3)10-12)27(25,26)22-15(4)20(24)21-18-8-6-7-17(11-18)16(5)23/h6-11,15,22H,1-5H3,(H,21,24). The number of anilines is 1. The van der Waals surface area contributed by atoms with Crippen molar-refractivity contribution in [3.63, 3.8) is 0 Å². The average Bonchev–Trinajstić information content (AvgIpc) is 2.53. The van der Waals surface area contributed by atoms with E-state index in [9.17, 15) is 18.0 Å². The van der Waals surface area contributed by atoms with Crippen molar-refractivity contribution in [1.82, 2.24) is 4.72 Å². The first kappa shape index (κ1) is 20.8. The lowest BCUT2D eigenvalue weighted by Gasteiger charge is -2.17. The molecule has 2 rings (SSSR count). The van der Waals surface area contributed by atoms with Crippen molar-refractivity contribution in [2.45, 2.75) is 45.6 Å². The lowest BCUT2D eigenvalue weighted by Crippen LogP contribution is -2.42. The number of hydrogen-bond acceptors (Lipinski definition) is 4. The molecule has 7 heteroatoms. The summed E-state index contributed by atoms with van der Waals surface area (Å²) >= 11 is 0. The van der Waals surface area contributed by atoms with Gasteiger partial charge in [-0.2, -0.15) is 4.72 Å². The van der Waals surface area contributed by atoms with E-state index in [0.29, 0.717) is 22.4 Å². The molecule has 0 saturated heterocycles. The van der Waals surface area contributed by atoms with Crippen LogP contribution in [0.25, 0.3) is 0 Å². The minimum absolute atomic E-state index is 0.120. The molecule has 6 nitrogen and oxygen atoms in total. The number of carbonyl (C=O) groups is 2. The zero-order valence-electron chi connectivity index (χ0n) is 16.1. The summed E-state index contributed by atoms with van der Waals surface area (Å²) < 4.78 is 27.9. The van der Waals surface area contributed by atoms with Crippen molar-refractivity contribution in [2.24, 2.45) is 0 Å². The highest BCUT2D eigenvalue weighted by Crippen LogP contribution is 2.22. The van der Waals surface area contributed by atoms with E-state index < -0.39 is 22.0 Å². The summed E-state index contributed by atoms with van der Waals surface area (Å²) in [7, 11) is -3.86. The van der Waals surface area contributed by atoms with Gasteiger partial charge in [0, 0.05) is 11.3 Å². The van der Waals surface area contributed by atoms with Crippen molar-refractivity contribution in [2.75, 3.05) is 5.32 Å². The topological polar surface area (TPSA) is 92.3 Å². The molecular weight excluding hydrogens is 364 g/mol. The van der Waals surface area contributed by atoms with Gasteiger partial charge in [0.2, 0.25) is 15.9 Å². The number of aryl methyl sites for hydroxylation is 3. The normalized spacial score (nSPS) is 12.5. The number of amides is 1. The Hall–Kier alpha value is -2.51. The third kappa shape index (κ3) is 5.02. The smallest absolute Gasteiger partial charge is 0.242 e. The lowest BCUT2D eigenvalue weighted by atomic mass is 10.1. The van der Waals surface area contributed by atoms with Gasteiger partial charge in [-0.25, -0.2) is 8.42 Å². The van der Waals surface area contributed by atoms with E-state index in [2.05, 4.69) is 10.0 Å². The first-order chi connectivity index (χ1) is 12.5. The van der Waals surface area contributed by atoms with E-state index >= 15 is 0 Å². The van der Waals surface area contributed by atoms with Crippen molar-refractivity contribution < 1.29 is 18.0 Å². The second-order valence-electron chi connectivity index (χ2n) is 6.70. The summed E-state index contributed by atoms with van der Waals surface area (Å²) in [6.07, 6.45) is 0. The van der Waals surface area contributed by atoms with E-state index in [1.165, 1.54) is 13.8 Å². The van der Waals surface area contributed by atoms with Gasteiger partial charge < -0.3 is 5.32 Å². The van der Waals surface area contributed by atoms with E-state index in [1.807, 2.05) is 6.92 Å². The Bertz CT molecular complexity index is 974. The second-order valence-corrected chi connectivity index (χ2v) is 8.35. The Morgan fingerprint density at radius 2 is 1.59 bits per heavy atom.